The zero-order valence-corrected chi connectivity index (χ0v) is 11.9. The second kappa shape index (κ2) is 5.78. The minimum atomic E-state index is -0.472. The Bertz CT molecular complexity index is 701. The maximum absolute atomic E-state index is 10.7. The first kappa shape index (κ1) is 13.5. The third kappa shape index (κ3) is 3.28. The summed E-state index contributed by atoms with van der Waals surface area (Å²) in [6, 6.07) is 11.9. The topological polar surface area (TPSA) is 66.9 Å². The molecule has 94 valence electrons. The molecular weight excluding hydrogens is 328 g/mol. The van der Waals surface area contributed by atoms with Gasteiger partial charge in [-0.25, -0.2) is 0 Å². The third-order valence-electron chi connectivity index (χ3n) is 2.37. The molecule has 0 aliphatic carbocycles. The van der Waals surface area contributed by atoms with Gasteiger partial charge in [0.25, 0.3) is 5.69 Å². The molecule has 0 unspecified atom stereocenters. The average molecular weight is 335 g/mol. The van der Waals surface area contributed by atoms with Crippen LogP contribution in [0.25, 0.3) is 11.6 Å². The van der Waals surface area contributed by atoms with Crippen LogP contribution in [0.1, 0.15) is 10.4 Å². The van der Waals surface area contributed by atoms with Gasteiger partial charge >= 0.3 is 0 Å². The Kier molecular flexibility index (Phi) is 4.10. The number of nitro groups is 1. The van der Waals surface area contributed by atoms with Gasteiger partial charge in [-0.2, -0.15) is 5.26 Å². The predicted molar refractivity (Wildman–Crippen MR) is 78.6 cm³/mol. The Labute approximate surface area is 121 Å². The van der Waals surface area contributed by atoms with E-state index in [0.717, 1.165) is 8.66 Å². The molecule has 0 N–H and O–H groups in total. The number of nitro benzene ring substituents is 1. The molecule has 0 spiro atoms. The molecule has 0 saturated carbocycles. The summed E-state index contributed by atoms with van der Waals surface area (Å²) in [5.41, 5.74) is 0.922. The zero-order valence-electron chi connectivity index (χ0n) is 9.54. The molecule has 0 aliphatic heterocycles. The molecule has 0 aliphatic rings. The summed E-state index contributed by atoms with van der Waals surface area (Å²) in [4.78, 5) is 11.2. The average Bonchev–Trinajstić information content (AvgIpc) is 2.81. The lowest BCUT2D eigenvalue weighted by molar-refractivity contribution is -0.384. The van der Waals surface area contributed by atoms with E-state index in [-0.39, 0.29) is 5.69 Å². The molecule has 1 heterocycles. The number of benzene rings is 1. The number of nitriles is 1. The van der Waals surface area contributed by atoms with E-state index in [9.17, 15) is 15.4 Å². The Balaban J connectivity index is 2.43. The van der Waals surface area contributed by atoms with Gasteiger partial charge < -0.3 is 0 Å². The number of halogens is 1. The van der Waals surface area contributed by atoms with Crippen LogP contribution in [-0.4, -0.2) is 4.92 Å². The van der Waals surface area contributed by atoms with Crippen LogP contribution in [0.15, 0.2) is 40.2 Å². The minimum absolute atomic E-state index is 0.0222. The number of allylic oxidation sites excluding steroid dienone is 1. The number of nitrogens with zero attached hydrogens (tertiary/aromatic N) is 2. The highest BCUT2D eigenvalue weighted by molar-refractivity contribution is 9.11. The molecule has 0 amide bonds. The van der Waals surface area contributed by atoms with Crippen LogP contribution < -0.4 is 0 Å². The fraction of sp³-hybridized carbons (Fsp3) is 0. The van der Waals surface area contributed by atoms with E-state index in [1.165, 1.54) is 23.5 Å². The van der Waals surface area contributed by atoms with Crippen LogP contribution >= 0.6 is 27.3 Å². The smallest absolute Gasteiger partial charge is 0.258 e. The van der Waals surface area contributed by atoms with Crippen molar-refractivity contribution in [3.8, 4) is 6.07 Å². The molecule has 0 radical (unpaired) electrons. The SMILES string of the molecule is N#CC(=Cc1ccc(Br)s1)c1cccc([N+](=O)[O-])c1. The molecule has 19 heavy (non-hydrogen) atoms. The molecule has 1 aromatic heterocycles. The van der Waals surface area contributed by atoms with Crippen molar-refractivity contribution < 1.29 is 4.92 Å². The maximum atomic E-state index is 10.7. The molecule has 0 fully saturated rings. The summed E-state index contributed by atoms with van der Waals surface area (Å²) in [6.45, 7) is 0. The van der Waals surface area contributed by atoms with Crippen molar-refractivity contribution in [2.45, 2.75) is 0 Å². The summed E-state index contributed by atoms with van der Waals surface area (Å²) in [6.07, 6.45) is 1.72. The van der Waals surface area contributed by atoms with Gasteiger partial charge in [0, 0.05) is 17.0 Å². The lowest BCUT2D eigenvalue weighted by Gasteiger charge is -1.98. The van der Waals surface area contributed by atoms with Gasteiger partial charge in [0.05, 0.1) is 20.4 Å². The van der Waals surface area contributed by atoms with Gasteiger partial charge in [-0.3, -0.25) is 10.1 Å². The fourth-order valence-corrected chi connectivity index (χ4v) is 2.88. The van der Waals surface area contributed by atoms with E-state index in [1.54, 1.807) is 18.2 Å². The van der Waals surface area contributed by atoms with Crippen LogP contribution in [0.3, 0.4) is 0 Å². The lowest BCUT2D eigenvalue weighted by Crippen LogP contribution is -1.89. The van der Waals surface area contributed by atoms with Crippen LogP contribution in [0.2, 0.25) is 0 Å². The third-order valence-corrected chi connectivity index (χ3v) is 3.94. The molecule has 0 atom stereocenters. The van der Waals surface area contributed by atoms with Crippen molar-refractivity contribution >= 4 is 44.6 Å². The largest absolute Gasteiger partial charge is 0.270 e. The van der Waals surface area contributed by atoms with E-state index < -0.39 is 4.92 Å². The molecular formula is C13H7BrN2O2S. The van der Waals surface area contributed by atoms with E-state index in [1.807, 2.05) is 12.1 Å². The fourth-order valence-electron chi connectivity index (χ4n) is 1.52. The second-order valence-corrected chi connectivity index (χ2v) is 6.11. The molecule has 0 saturated heterocycles. The van der Waals surface area contributed by atoms with Crippen molar-refractivity contribution in [2.75, 3.05) is 0 Å². The van der Waals surface area contributed by atoms with Crippen LogP contribution in [-0.2, 0) is 0 Å². The van der Waals surface area contributed by atoms with Crippen LogP contribution in [0.5, 0.6) is 0 Å². The first-order chi connectivity index (χ1) is 9.10. The van der Waals surface area contributed by atoms with Crippen molar-refractivity contribution in [1.29, 1.82) is 5.26 Å². The molecule has 6 heteroatoms. The second-order valence-electron chi connectivity index (χ2n) is 3.62. The maximum Gasteiger partial charge on any atom is 0.270 e. The highest BCUT2D eigenvalue weighted by Crippen LogP contribution is 2.27. The number of rotatable bonds is 3. The predicted octanol–water partition coefficient (Wildman–Crippen LogP) is 4.48. The van der Waals surface area contributed by atoms with E-state index >= 15 is 0 Å². The highest BCUT2D eigenvalue weighted by atomic mass is 79.9. The van der Waals surface area contributed by atoms with Crippen molar-refractivity contribution in [1.82, 2.24) is 0 Å². The number of thiophene rings is 1. The quantitative estimate of drug-likeness (QED) is 0.472. The zero-order chi connectivity index (χ0) is 13.8. The van der Waals surface area contributed by atoms with Crippen LogP contribution in [0, 0.1) is 21.4 Å². The van der Waals surface area contributed by atoms with Crippen LogP contribution in [0.4, 0.5) is 5.69 Å². The van der Waals surface area contributed by atoms with Gasteiger partial charge in [-0.15, -0.1) is 11.3 Å². The number of hydrogen-bond acceptors (Lipinski definition) is 4. The van der Waals surface area contributed by atoms with Crippen molar-refractivity contribution in [3.05, 3.63) is 60.7 Å². The van der Waals surface area contributed by atoms with Gasteiger partial charge in [-0.05, 0) is 39.7 Å². The van der Waals surface area contributed by atoms with E-state index in [4.69, 9.17) is 0 Å². The van der Waals surface area contributed by atoms with Gasteiger partial charge in [0.1, 0.15) is 0 Å². The Hall–Kier alpha value is -1.97. The summed E-state index contributed by atoms with van der Waals surface area (Å²) >= 11 is 4.84. The van der Waals surface area contributed by atoms with Gasteiger partial charge in [0.15, 0.2) is 0 Å². The first-order valence-corrected chi connectivity index (χ1v) is 6.83. The van der Waals surface area contributed by atoms with Gasteiger partial charge in [-0.1, -0.05) is 12.1 Å². The Morgan fingerprint density at radius 3 is 2.79 bits per heavy atom. The molecule has 2 aromatic rings. The lowest BCUT2D eigenvalue weighted by atomic mass is 10.1. The number of hydrogen-bond donors (Lipinski definition) is 0. The van der Waals surface area contributed by atoms with Crippen molar-refractivity contribution in [3.63, 3.8) is 0 Å². The van der Waals surface area contributed by atoms with E-state index in [0.29, 0.717) is 11.1 Å². The highest BCUT2D eigenvalue weighted by Gasteiger charge is 2.09. The minimum Gasteiger partial charge on any atom is -0.258 e. The monoisotopic (exact) mass is 334 g/mol. The summed E-state index contributed by atoms with van der Waals surface area (Å²) < 4.78 is 0.968. The molecule has 2 rings (SSSR count). The summed E-state index contributed by atoms with van der Waals surface area (Å²) in [5, 5.41) is 19.9. The van der Waals surface area contributed by atoms with Crippen molar-refractivity contribution in [2.24, 2.45) is 0 Å². The number of non-ortho nitro benzene ring substituents is 1. The normalized spacial score (nSPS) is 11.1. The van der Waals surface area contributed by atoms with E-state index in [2.05, 4.69) is 22.0 Å². The Morgan fingerprint density at radius 1 is 1.42 bits per heavy atom. The Morgan fingerprint density at radius 2 is 2.21 bits per heavy atom. The summed E-state index contributed by atoms with van der Waals surface area (Å²) in [7, 11) is 0. The first-order valence-electron chi connectivity index (χ1n) is 5.22. The molecule has 1 aromatic carbocycles. The molecule has 4 nitrogen and oxygen atoms in total. The van der Waals surface area contributed by atoms with Gasteiger partial charge in [0.2, 0.25) is 0 Å². The standard InChI is InChI=1S/C13H7BrN2O2S/c14-13-5-4-12(19-13)7-10(8-15)9-2-1-3-11(6-9)16(17)18/h1-7H. The summed E-state index contributed by atoms with van der Waals surface area (Å²) in [5.74, 6) is 0. The molecule has 0 bridgehead atoms.